The summed E-state index contributed by atoms with van der Waals surface area (Å²) in [7, 11) is 0. The molecule has 2 atom stereocenters. The summed E-state index contributed by atoms with van der Waals surface area (Å²) < 4.78 is 6.10. The lowest BCUT2D eigenvalue weighted by atomic mass is 10.0. The number of thiazole rings is 1. The SMILES string of the molecule is CCO/N=C(\C(=O)N[C@@H]1C(=O)N2C(C(=O)OC(c3ccccc3)c3ccccc3)=C(C#CCCO)CS[C@H]12)c1csc(N)n1. The molecule has 226 valence electrons. The van der Waals surface area contributed by atoms with Crippen molar-refractivity contribution in [3.8, 4) is 11.8 Å². The first-order valence-corrected chi connectivity index (χ1v) is 15.7. The van der Waals surface area contributed by atoms with Crippen LogP contribution in [0.25, 0.3) is 0 Å². The predicted octanol–water partition coefficient (Wildman–Crippen LogP) is 2.84. The number of anilines is 1. The second-order valence-electron chi connectivity index (χ2n) is 9.50. The number of benzene rings is 2. The van der Waals surface area contributed by atoms with Gasteiger partial charge in [0.2, 0.25) is 0 Å². The zero-order valence-electron chi connectivity index (χ0n) is 23.6. The first kappa shape index (κ1) is 30.8. The van der Waals surface area contributed by atoms with Gasteiger partial charge in [-0.2, -0.15) is 0 Å². The van der Waals surface area contributed by atoms with E-state index in [1.54, 1.807) is 12.3 Å². The highest BCUT2D eigenvalue weighted by Crippen LogP contribution is 2.41. The van der Waals surface area contributed by atoms with Crippen molar-refractivity contribution in [2.75, 3.05) is 24.7 Å². The van der Waals surface area contributed by atoms with Gasteiger partial charge in [0.15, 0.2) is 16.9 Å². The predicted molar refractivity (Wildman–Crippen MR) is 167 cm³/mol. The van der Waals surface area contributed by atoms with Gasteiger partial charge in [-0.15, -0.1) is 23.1 Å². The second-order valence-corrected chi connectivity index (χ2v) is 11.5. The zero-order chi connectivity index (χ0) is 31.1. The van der Waals surface area contributed by atoms with Crippen molar-refractivity contribution in [1.82, 2.24) is 15.2 Å². The quantitative estimate of drug-likeness (QED) is 0.101. The Bertz CT molecular complexity index is 1610. The fourth-order valence-electron chi connectivity index (χ4n) is 4.62. The first-order chi connectivity index (χ1) is 21.4. The number of aliphatic hydroxyl groups excluding tert-OH is 1. The minimum absolute atomic E-state index is 0.0158. The Morgan fingerprint density at radius 1 is 1.18 bits per heavy atom. The number of thioether (sulfide) groups is 1. The Morgan fingerprint density at radius 2 is 1.86 bits per heavy atom. The Balaban J connectivity index is 1.42. The van der Waals surface area contributed by atoms with Gasteiger partial charge >= 0.3 is 5.97 Å². The lowest BCUT2D eigenvalue weighted by Crippen LogP contribution is -2.71. The van der Waals surface area contributed by atoms with E-state index in [-0.39, 0.29) is 47.6 Å². The monoisotopic (exact) mass is 631 g/mol. The number of oxime groups is 1. The van der Waals surface area contributed by atoms with E-state index in [9.17, 15) is 19.5 Å². The number of aromatic nitrogens is 1. The van der Waals surface area contributed by atoms with Crippen LogP contribution in [0.2, 0.25) is 0 Å². The number of amides is 2. The van der Waals surface area contributed by atoms with Gasteiger partial charge in [0.05, 0.1) is 6.61 Å². The van der Waals surface area contributed by atoms with Gasteiger partial charge in [-0.05, 0) is 18.1 Å². The molecule has 44 heavy (non-hydrogen) atoms. The van der Waals surface area contributed by atoms with Gasteiger partial charge in [0, 0.05) is 23.1 Å². The molecule has 0 aliphatic carbocycles. The van der Waals surface area contributed by atoms with Gasteiger partial charge in [0.1, 0.15) is 29.4 Å². The van der Waals surface area contributed by atoms with Gasteiger partial charge in [0.25, 0.3) is 11.8 Å². The molecule has 4 N–H and O–H groups in total. The highest BCUT2D eigenvalue weighted by molar-refractivity contribution is 8.00. The maximum atomic E-state index is 13.9. The summed E-state index contributed by atoms with van der Waals surface area (Å²) in [6, 6.07) is 17.6. The number of carbonyl (C=O) groups excluding carboxylic acids is 3. The van der Waals surface area contributed by atoms with Crippen LogP contribution in [0, 0.1) is 11.8 Å². The number of β-lactam (4-membered cyclic amide) rings is 1. The number of aliphatic hydroxyl groups is 1. The van der Waals surface area contributed by atoms with E-state index in [4.69, 9.17) is 15.3 Å². The summed E-state index contributed by atoms with van der Waals surface area (Å²) in [6.45, 7) is 1.79. The van der Waals surface area contributed by atoms with Crippen molar-refractivity contribution >= 4 is 51.7 Å². The van der Waals surface area contributed by atoms with Crippen molar-refractivity contribution in [1.29, 1.82) is 0 Å². The number of hydrogen-bond acceptors (Lipinski definition) is 11. The molecule has 11 nitrogen and oxygen atoms in total. The van der Waals surface area contributed by atoms with E-state index in [0.717, 1.165) is 22.5 Å². The third kappa shape index (κ3) is 6.62. The Labute approximate surface area is 262 Å². The van der Waals surface area contributed by atoms with Crippen molar-refractivity contribution in [3.63, 3.8) is 0 Å². The number of nitrogen functional groups attached to an aromatic ring is 1. The van der Waals surface area contributed by atoms with Crippen LogP contribution in [-0.2, 0) is 24.0 Å². The van der Waals surface area contributed by atoms with Crippen LogP contribution >= 0.6 is 23.1 Å². The lowest BCUT2D eigenvalue weighted by molar-refractivity contribution is -0.154. The van der Waals surface area contributed by atoms with E-state index in [1.165, 1.54) is 16.7 Å². The molecular formula is C31H29N5O6S2. The zero-order valence-corrected chi connectivity index (χ0v) is 25.3. The fourth-order valence-corrected chi connectivity index (χ4v) is 6.45. The van der Waals surface area contributed by atoms with Crippen LogP contribution in [-0.4, -0.2) is 68.9 Å². The molecule has 0 radical (unpaired) electrons. The molecule has 1 fully saturated rings. The van der Waals surface area contributed by atoms with Crippen molar-refractivity contribution in [2.24, 2.45) is 5.16 Å². The molecule has 2 aromatic carbocycles. The number of ether oxygens (including phenoxy) is 1. The van der Waals surface area contributed by atoms with Crippen LogP contribution in [0.5, 0.6) is 0 Å². The van der Waals surface area contributed by atoms with Gasteiger partial charge < -0.3 is 25.7 Å². The fraction of sp³-hybridized carbons (Fsp3) is 0.258. The van der Waals surface area contributed by atoms with Gasteiger partial charge in [-0.1, -0.05) is 77.7 Å². The molecule has 3 aromatic rings. The van der Waals surface area contributed by atoms with Gasteiger partial charge in [-0.3, -0.25) is 14.5 Å². The number of esters is 1. The van der Waals surface area contributed by atoms with E-state index < -0.39 is 35.3 Å². The van der Waals surface area contributed by atoms with E-state index in [0.29, 0.717) is 5.57 Å². The molecule has 2 amide bonds. The van der Waals surface area contributed by atoms with Crippen molar-refractivity contribution < 1.29 is 29.1 Å². The molecule has 0 unspecified atom stereocenters. The molecule has 1 aromatic heterocycles. The summed E-state index contributed by atoms with van der Waals surface area (Å²) in [4.78, 5) is 51.3. The van der Waals surface area contributed by atoms with E-state index >= 15 is 0 Å². The number of carbonyl (C=O) groups is 3. The maximum absolute atomic E-state index is 13.9. The number of nitrogens with one attached hydrogen (secondary N) is 1. The molecule has 0 bridgehead atoms. The third-order valence-corrected chi connectivity index (χ3v) is 8.57. The minimum Gasteiger partial charge on any atom is -0.448 e. The number of nitrogens with zero attached hydrogens (tertiary/aromatic N) is 3. The smallest absolute Gasteiger partial charge is 0.357 e. The summed E-state index contributed by atoms with van der Waals surface area (Å²) >= 11 is 2.49. The molecule has 3 heterocycles. The third-order valence-electron chi connectivity index (χ3n) is 6.62. The number of hydrogen-bond donors (Lipinski definition) is 3. The van der Waals surface area contributed by atoms with Gasteiger partial charge in [-0.25, -0.2) is 9.78 Å². The average Bonchev–Trinajstić information content (AvgIpc) is 3.48. The summed E-state index contributed by atoms with van der Waals surface area (Å²) in [5.74, 6) is 4.17. The van der Waals surface area contributed by atoms with Crippen LogP contribution < -0.4 is 11.1 Å². The van der Waals surface area contributed by atoms with Crippen molar-refractivity contribution in [2.45, 2.75) is 30.9 Å². The number of nitrogens with two attached hydrogens (primary N) is 1. The molecule has 5 rings (SSSR count). The molecule has 2 aliphatic rings. The van der Waals surface area contributed by atoms with Crippen LogP contribution in [0.1, 0.15) is 36.3 Å². The molecule has 1 saturated heterocycles. The Kier molecular flexibility index (Phi) is 9.96. The van der Waals surface area contributed by atoms with E-state index in [1.807, 2.05) is 60.7 Å². The van der Waals surface area contributed by atoms with E-state index in [2.05, 4.69) is 27.3 Å². The topological polar surface area (TPSA) is 156 Å². The molecular weight excluding hydrogens is 603 g/mol. The van der Waals surface area contributed by atoms with Crippen LogP contribution in [0.15, 0.2) is 82.5 Å². The minimum atomic E-state index is -0.955. The lowest BCUT2D eigenvalue weighted by Gasteiger charge is -2.49. The van der Waals surface area contributed by atoms with Crippen LogP contribution in [0.4, 0.5) is 5.13 Å². The largest absolute Gasteiger partial charge is 0.448 e. The maximum Gasteiger partial charge on any atom is 0.357 e. The molecule has 0 spiro atoms. The first-order valence-electron chi connectivity index (χ1n) is 13.7. The standard InChI is InChI=1S/C31H29N5O6S2/c1-2-41-35-23(22-18-44-31(32)33-22)27(38)34-24-28(39)36-25(21(15-9-10-16-37)17-43-29(24)36)30(40)42-26(19-11-5-3-6-12-19)20-13-7-4-8-14-20/h3-8,11-14,18,24,26,29,37H,2,10,16-17H2,1H3,(H2,32,33)(H,34,38)/b35-23-/t24-,29-/m1/s1. The highest BCUT2D eigenvalue weighted by atomic mass is 32.2. The highest BCUT2D eigenvalue weighted by Gasteiger charge is 2.55. The summed E-state index contributed by atoms with van der Waals surface area (Å²) in [5, 5.41) is 17.1. The average molecular weight is 632 g/mol. The molecule has 2 aliphatic heterocycles. The Morgan fingerprint density at radius 3 is 2.45 bits per heavy atom. The van der Waals surface area contributed by atoms with Crippen molar-refractivity contribution in [3.05, 3.63) is 94.1 Å². The number of rotatable bonds is 10. The number of fused-ring (bicyclic) bond motifs is 1. The summed E-state index contributed by atoms with van der Waals surface area (Å²) in [6.07, 6.45) is -0.543. The Hall–Kier alpha value is -4.64. The molecule has 13 heteroatoms. The summed E-state index contributed by atoms with van der Waals surface area (Å²) in [5.41, 5.74) is 7.77. The second kappa shape index (κ2) is 14.2. The molecule has 0 saturated carbocycles. The normalized spacial score (nSPS) is 17.8. The van der Waals surface area contributed by atoms with Crippen LogP contribution in [0.3, 0.4) is 0 Å².